The fourth-order valence-electron chi connectivity index (χ4n) is 3.09. The van der Waals surface area contributed by atoms with Gasteiger partial charge in [-0.2, -0.15) is 0 Å². The molecule has 0 fully saturated rings. The molecule has 0 saturated heterocycles. The Morgan fingerprint density at radius 3 is 2.83 bits per heavy atom. The largest absolute Gasteiger partial charge is 0.466 e. The van der Waals surface area contributed by atoms with E-state index in [4.69, 9.17) is 27.9 Å². The first-order chi connectivity index (χ1) is 14.3. The quantitative estimate of drug-likeness (QED) is 0.450. The van der Waals surface area contributed by atoms with Crippen molar-refractivity contribution in [3.05, 3.63) is 50.9 Å². The number of benzene rings is 1. The predicted molar refractivity (Wildman–Crippen MR) is 120 cm³/mol. The van der Waals surface area contributed by atoms with Crippen molar-refractivity contribution in [3.63, 3.8) is 0 Å². The lowest BCUT2D eigenvalue weighted by atomic mass is 10.2. The van der Waals surface area contributed by atoms with Crippen LogP contribution in [0.2, 0.25) is 10.0 Å². The van der Waals surface area contributed by atoms with Crippen LogP contribution in [0.5, 0.6) is 5.88 Å². The minimum Gasteiger partial charge on any atom is -0.466 e. The molecule has 1 aromatic carbocycles. The van der Waals surface area contributed by atoms with Gasteiger partial charge in [0, 0.05) is 28.7 Å². The molecule has 0 bridgehead atoms. The van der Waals surface area contributed by atoms with Gasteiger partial charge in [-0.1, -0.05) is 23.2 Å². The third-order valence-corrected chi connectivity index (χ3v) is 5.70. The Morgan fingerprint density at radius 1 is 1.23 bits per heavy atom. The first kappa shape index (κ1) is 20.6. The number of rotatable bonds is 5. The number of aryl methyl sites for hydroxylation is 3. The highest BCUT2D eigenvalue weighted by atomic mass is 35.5. The summed E-state index contributed by atoms with van der Waals surface area (Å²) in [6.45, 7) is 3.68. The molecule has 0 atom stereocenters. The van der Waals surface area contributed by atoms with Crippen LogP contribution in [0, 0.1) is 13.8 Å². The Balaban J connectivity index is 1.46. The molecule has 30 heavy (non-hydrogen) atoms. The van der Waals surface area contributed by atoms with Gasteiger partial charge in [0.2, 0.25) is 5.88 Å². The zero-order valence-corrected chi connectivity index (χ0v) is 18.7. The van der Waals surface area contributed by atoms with Gasteiger partial charge in [0.15, 0.2) is 17.4 Å². The molecule has 0 saturated carbocycles. The number of hydrogen-bond acceptors (Lipinski definition) is 6. The monoisotopic (exact) mass is 461 g/mol. The number of hydrogen-bond donors (Lipinski definition) is 1. The maximum atomic E-state index is 12.4. The molecule has 0 unspecified atom stereocenters. The summed E-state index contributed by atoms with van der Waals surface area (Å²) in [7, 11) is 1.79. The van der Waals surface area contributed by atoms with Crippen molar-refractivity contribution >= 4 is 56.6 Å². The summed E-state index contributed by atoms with van der Waals surface area (Å²) in [5.41, 5.74) is 3.94. The van der Waals surface area contributed by atoms with Crippen LogP contribution in [0.4, 0.5) is 5.13 Å². The van der Waals surface area contributed by atoms with Crippen LogP contribution in [0.25, 0.3) is 22.3 Å². The molecular formula is C20H17Cl2N5O2S. The standard InChI is InChI=1S/C20H17Cl2N5O2S/c1-10-6-11(2)23-18-17(10)19(26-27(18)3)29-8-16(28)25-20-24-15(9-30-20)13-7-12(21)4-5-14(13)22/h4-7,9H,8H2,1-3H3,(H,24,25,28). The maximum absolute atomic E-state index is 12.4. The number of fused-ring (bicyclic) bond motifs is 1. The molecule has 10 heteroatoms. The molecule has 154 valence electrons. The second-order valence-electron chi connectivity index (χ2n) is 6.71. The van der Waals surface area contributed by atoms with E-state index < -0.39 is 0 Å². The summed E-state index contributed by atoms with van der Waals surface area (Å²) in [4.78, 5) is 21.3. The number of aromatic nitrogens is 4. The van der Waals surface area contributed by atoms with Crippen LogP contribution in [0.3, 0.4) is 0 Å². The molecule has 1 amide bonds. The predicted octanol–water partition coefficient (Wildman–Crippen LogP) is 5.03. The summed E-state index contributed by atoms with van der Waals surface area (Å²) >= 11 is 13.5. The number of nitrogens with one attached hydrogen (secondary N) is 1. The number of pyridine rings is 1. The molecule has 4 aromatic rings. The zero-order valence-electron chi connectivity index (χ0n) is 16.4. The highest BCUT2D eigenvalue weighted by Gasteiger charge is 2.16. The number of thiazole rings is 1. The molecule has 3 aromatic heterocycles. The normalized spacial score (nSPS) is 11.1. The number of ether oxygens (including phenoxy) is 1. The van der Waals surface area contributed by atoms with Crippen LogP contribution in [0.15, 0.2) is 29.6 Å². The Morgan fingerprint density at radius 2 is 2.03 bits per heavy atom. The van der Waals surface area contributed by atoms with E-state index in [9.17, 15) is 4.79 Å². The Kier molecular flexibility index (Phi) is 5.64. The van der Waals surface area contributed by atoms with Crippen molar-refractivity contribution in [2.75, 3.05) is 11.9 Å². The van der Waals surface area contributed by atoms with Gasteiger partial charge < -0.3 is 4.74 Å². The average molecular weight is 462 g/mol. The van der Waals surface area contributed by atoms with Gasteiger partial charge in [-0.15, -0.1) is 16.4 Å². The summed E-state index contributed by atoms with van der Waals surface area (Å²) in [5, 5.41) is 11.2. The van der Waals surface area contributed by atoms with E-state index in [2.05, 4.69) is 20.4 Å². The van der Waals surface area contributed by atoms with Gasteiger partial charge in [0.05, 0.1) is 16.1 Å². The van der Waals surface area contributed by atoms with Gasteiger partial charge in [-0.3, -0.25) is 10.1 Å². The van der Waals surface area contributed by atoms with Gasteiger partial charge in [-0.25, -0.2) is 14.6 Å². The molecular weight excluding hydrogens is 445 g/mol. The van der Waals surface area contributed by atoms with Crippen molar-refractivity contribution < 1.29 is 9.53 Å². The third-order valence-electron chi connectivity index (χ3n) is 4.38. The van der Waals surface area contributed by atoms with E-state index in [0.29, 0.717) is 38.0 Å². The number of anilines is 1. The smallest absolute Gasteiger partial charge is 0.264 e. The van der Waals surface area contributed by atoms with Crippen molar-refractivity contribution in [2.24, 2.45) is 7.05 Å². The van der Waals surface area contributed by atoms with E-state index in [1.807, 2.05) is 19.9 Å². The first-order valence-electron chi connectivity index (χ1n) is 8.96. The molecule has 0 aliphatic carbocycles. The lowest BCUT2D eigenvalue weighted by Gasteiger charge is -2.05. The number of carbonyl (C=O) groups excluding carboxylic acids is 1. The summed E-state index contributed by atoms with van der Waals surface area (Å²) in [6, 6.07) is 7.10. The first-order valence-corrected chi connectivity index (χ1v) is 10.6. The molecule has 0 radical (unpaired) electrons. The summed E-state index contributed by atoms with van der Waals surface area (Å²) < 4.78 is 7.32. The van der Waals surface area contributed by atoms with Crippen LogP contribution in [0.1, 0.15) is 11.3 Å². The molecule has 1 N–H and O–H groups in total. The van der Waals surface area contributed by atoms with E-state index in [1.54, 1.807) is 35.3 Å². The van der Waals surface area contributed by atoms with Gasteiger partial charge in [0.1, 0.15) is 0 Å². The van der Waals surface area contributed by atoms with Gasteiger partial charge in [0.25, 0.3) is 5.91 Å². The van der Waals surface area contributed by atoms with Crippen molar-refractivity contribution in [3.8, 4) is 17.1 Å². The fraction of sp³-hybridized carbons (Fsp3) is 0.200. The lowest BCUT2D eigenvalue weighted by Crippen LogP contribution is -2.20. The lowest BCUT2D eigenvalue weighted by molar-refractivity contribution is -0.118. The van der Waals surface area contributed by atoms with Gasteiger partial charge in [-0.05, 0) is 43.7 Å². The van der Waals surface area contributed by atoms with Crippen molar-refractivity contribution in [2.45, 2.75) is 13.8 Å². The topological polar surface area (TPSA) is 81.9 Å². The maximum Gasteiger partial charge on any atom is 0.264 e. The third kappa shape index (κ3) is 4.12. The number of nitrogens with zero attached hydrogens (tertiary/aromatic N) is 4. The van der Waals surface area contributed by atoms with E-state index in [0.717, 1.165) is 16.6 Å². The molecule has 0 aliphatic heterocycles. The Labute approximate surface area is 186 Å². The zero-order chi connectivity index (χ0) is 21.4. The number of halogens is 2. The van der Waals surface area contributed by atoms with E-state index in [-0.39, 0.29) is 12.5 Å². The minimum atomic E-state index is -0.343. The van der Waals surface area contributed by atoms with Crippen LogP contribution in [-0.2, 0) is 11.8 Å². The Hall–Kier alpha value is -2.68. The summed E-state index contributed by atoms with van der Waals surface area (Å²) in [5.74, 6) is 0.0304. The van der Waals surface area contributed by atoms with Crippen molar-refractivity contribution in [1.82, 2.24) is 19.7 Å². The molecule has 3 heterocycles. The van der Waals surface area contributed by atoms with Gasteiger partial charge >= 0.3 is 0 Å². The SMILES string of the molecule is Cc1cc(C)c2c(OCC(=O)Nc3nc(-c4cc(Cl)ccc4Cl)cs3)nn(C)c2n1. The number of amides is 1. The van der Waals surface area contributed by atoms with E-state index in [1.165, 1.54) is 11.3 Å². The van der Waals surface area contributed by atoms with Crippen LogP contribution in [-0.4, -0.2) is 32.3 Å². The van der Waals surface area contributed by atoms with Crippen molar-refractivity contribution in [1.29, 1.82) is 0 Å². The van der Waals surface area contributed by atoms with Crippen LogP contribution >= 0.6 is 34.5 Å². The second-order valence-corrected chi connectivity index (χ2v) is 8.41. The molecule has 4 rings (SSSR count). The molecule has 0 aliphatic rings. The fourth-order valence-corrected chi connectivity index (χ4v) is 4.20. The highest BCUT2D eigenvalue weighted by molar-refractivity contribution is 7.14. The summed E-state index contributed by atoms with van der Waals surface area (Å²) in [6.07, 6.45) is 0. The molecule has 7 nitrogen and oxygen atoms in total. The van der Waals surface area contributed by atoms with Crippen LogP contribution < -0.4 is 10.1 Å². The number of carbonyl (C=O) groups is 1. The van der Waals surface area contributed by atoms with E-state index >= 15 is 0 Å². The minimum absolute atomic E-state index is 0.202. The average Bonchev–Trinajstić information content (AvgIpc) is 3.27. The highest BCUT2D eigenvalue weighted by Crippen LogP contribution is 2.32. The second kappa shape index (κ2) is 8.22. The Bertz CT molecular complexity index is 1270. The molecule has 0 spiro atoms.